The van der Waals surface area contributed by atoms with Crippen LogP contribution in [0.15, 0.2) is 12.1 Å². The lowest BCUT2D eigenvalue weighted by Crippen LogP contribution is -2.09. The number of imidazole rings is 1. The van der Waals surface area contributed by atoms with E-state index in [2.05, 4.69) is 16.5 Å². The van der Waals surface area contributed by atoms with E-state index in [1.54, 1.807) is 6.07 Å². The minimum absolute atomic E-state index is 0.110. The first kappa shape index (κ1) is 15.4. The van der Waals surface area contributed by atoms with Gasteiger partial charge in [0.25, 0.3) is 0 Å². The van der Waals surface area contributed by atoms with Crippen LogP contribution in [0.2, 0.25) is 5.02 Å². The number of alkyl halides is 1. The van der Waals surface area contributed by atoms with Gasteiger partial charge >= 0.3 is 0 Å². The summed E-state index contributed by atoms with van der Waals surface area (Å²) in [7, 11) is 0. The zero-order valence-electron chi connectivity index (χ0n) is 11.8. The van der Waals surface area contributed by atoms with E-state index in [0.29, 0.717) is 17.2 Å². The van der Waals surface area contributed by atoms with E-state index in [4.69, 9.17) is 23.2 Å². The van der Waals surface area contributed by atoms with Crippen molar-refractivity contribution in [3.8, 4) is 0 Å². The fourth-order valence-electron chi connectivity index (χ4n) is 3.18. The molecule has 1 aromatic carbocycles. The fraction of sp³-hybridized carbons (Fsp3) is 0.533. The summed E-state index contributed by atoms with van der Waals surface area (Å²) in [5.41, 5.74) is 1.53. The molecule has 0 radical (unpaired) electrons. The quantitative estimate of drug-likeness (QED) is 0.688. The standard InChI is InChI=1S/C15H17Cl2FN2S/c1-2-21-10-4-3-9(5-10)20-14-7-12(18)11(17)6-13(14)19-15(20)8-16/h6-7,9-10H,2-5,8H2,1H3. The lowest BCUT2D eigenvalue weighted by atomic mass is 10.2. The van der Waals surface area contributed by atoms with E-state index in [0.717, 1.165) is 35.5 Å². The molecule has 0 spiro atoms. The Bertz CT molecular complexity index is 659. The first-order valence-corrected chi connectivity index (χ1v) is 9.13. The summed E-state index contributed by atoms with van der Waals surface area (Å²) in [5.74, 6) is 1.87. The minimum atomic E-state index is -0.399. The molecular weight excluding hydrogens is 330 g/mol. The molecule has 1 aliphatic rings. The number of benzene rings is 1. The van der Waals surface area contributed by atoms with Crippen molar-refractivity contribution in [3.63, 3.8) is 0 Å². The predicted molar refractivity (Wildman–Crippen MR) is 89.1 cm³/mol. The van der Waals surface area contributed by atoms with Crippen molar-refractivity contribution in [2.24, 2.45) is 0 Å². The van der Waals surface area contributed by atoms with Gasteiger partial charge in [-0.05, 0) is 31.1 Å². The summed E-state index contributed by atoms with van der Waals surface area (Å²) in [6.45, 7) is 2.19. The van der Waals surface area contributed by atoms with Gasteiger partial charge in [0.2, 0.25) is 0 Å². The molecule has 1 fully saturated rings. The first-order valence-electron chi connectivity index (χ1n) is 7.17. The zero-order valence-corrected chi connectivity index (χ0v) is 14.1. The van der Waals surface area contributed by atoms with E-state index in [9.17, 15) is 4.39 Å². The van der Waals surface area contributed by atoms with E-state index in [1.807, 2.05) is 11.8 Å². The number of rotatable bonds is 4. The van der Waals surface area contributed by atoms with Crippen LogP contribution in [-0.2, 0) is 5.88 Å². The van der Waals surface area contributed by atoms with Gasteiger partial charge in [0.05, 0.1) is 21.9 Å². The average molecular weight is 347 g/mol. The second-order valence-electron chi connectivity index (χ2n) is 5.33. The molecule has 0 N–H and O–H groups in total. The third-order valence-corrected chi connectivity index (χ3v) is 5.81. The molecule has 2 aromatic rings. The van der Waals surface area contributed by atoms with Crippen molar-refractivity contribution < 1.29 is 4.39 Å². The number of halogens is 3. The smallest absolute Gasteiger partial charge is 0.144 e. The van der Waals surface area contributed by atoms with Crippen LogP contribution in [0.25, 0.3) is 11.0 Å². The maximum absolute atomic E-state index is 13.8. The summed E-state index contributed by atoms with van der Waals surface area (Å²) in [6, 6.07) is 3.43. The molecule has 1 heterocycles. The summed E-state index contributed by atoms with van der Waals surface area (Å²) >= 11 is 13.9. The number of thioether (sulfide) groups is 1. The Balaban J connectivity index is 2.02. The Labute approximate surface area is 138 Å². The Kier molecular flexibility index (Phi) is 4.67. The number of hydrogen-bond donors (Lipinski definition) is 0. The number of hydrogen-bond acceptors (Lipinski definition) is 2. The molecule has 1 aromatic heterocycles. The molecule has 114 valence electrons. The van der Waals surface area contributed by atoms with Gasteiger partial charge < -0.3 is 4.57 Å². The van der Waals surface area contributed by atoms with Gasteiger partial charge in [-0.3, -0.25) is 0 Å². The van der Waals surface area contributed by atoms with Crippen LogP contribution >= 0.6 is 35.0 Å². The Hall–Kier alpha value is -0.450. The SMILES string of the molecule is CCSC1CCC(n2c(CCl)nc3cc(Cl)c(F)cc32)C1. The molecule has 1 aliphatic carbocycles. The molecule has 0 amide bonds. The van der Waals surface area contributed by atoms with Gasteiger partial charge in [-0.2, -0.15) is 11.8 Å². The summed E-state index contributed by atoms with van der Waals surface area (Å²) in [4.78, 5) is 4.52. The monoisotopic (exact) mass is 346 g/mol. The van der Waals surface area contributed by atoms with Gasteiger partial charge in [-0.25, -0.2) is 9.37 Å². The zero-order chi connectivity index (χ0) is 15.0. The average Bonchev–Trinajstić information content (AvgIpc) is 3.04. The second kappa shape index (κ2) is 6.35. The van der Waals surface area contributed by atoms with Crippen LogP contribution in [0, 0.1) is 5.82 Å². The Morgan fingerprint density at radius 3 is 2.95 bits per heavy atom. The fourth-order valence-corrected chi connectivity index (χ4v) is 4.66. The van der Waals surface area contributed by atoms with Gasteiger partial charge in [0, 0.05) is 17.4 Å². The molecule has 2 unspecified atom stereocenters. The van der Waals surface area contributed by atoms with Gasteiger partial charge in [0.15, 0.2) is 0 Å². The van der Waals surface area contributed by atoms with Crippen LogP contribution in [0.5, 0.6) is 0 Å². The first-order chi connectivity index (χ1) is 10.1. The molecule has 0 bridgehead atoms. The number of nitrogens with zero attached hydrogens (tertiary/aromatic N) is 2. The highest BCUT2D eigenvalue weighted by atomic mass is 35.5. The van der Waals surface area contributed by atoms with Crippen molar-refractivity contribution in [1.82, 2.24) is 9.55 Å². The Morgan fingerprint density at radius 1 is 1.43 bits per heavy atom. The van der Waals surface area contributed by atoms with Gasteiger partial charge in [-0.1, -0.05) is 18.5 Å². The molecule has 0 saturated heterocycles. The van der Waals surface area contributed by atoms with Gasteiger partial charge in [-0.15, -0.1) is 11.6 Å². The molecule has 3 rings (SSSR count). The second-order valence-corrected chi connectivity index (χ2v) is 7.58. The lowest BCUT2D eigenvalue weighted by molar-refractivity contribution is 0.518. The van der Waals surface area contributed by atoms with Gasteiger partial charge in [0.1, 0.15) is 11.6 Å². The highest BCUT2D eigenvalue weighted by Crippen LogP contribution is 2.40. The van der Waals surface area contributed by atoms with E-state index >= 15 is 0 Å². The van der Waals surface area contributed by atoms with E-state index < -0.39 is 5.82 Å². The van der Waals surface area contributed by atoms with E-state index in [1.165, 1.54) is 12.5 Å². The molecular formula is C15H17Cl2FN2S. The van der Waals surface area contributed by atoms with Crippen LogP contribution in [0.3, 0.4) is 0 Å². The van der Waals surface area contributed by atoms with Crippen LogP contribution in [-0.4, -0.2) is 20.6 Å². The normalized spacial score (nSPS) is 22.3. The van der Waals surface area contributed by atoms with Crippen molar-refractivity contribution in [2.75, 3.05) is 5.75 Å². The number of aromatic nitrogens is 2. The Morgan fingerprint density at radius 2 is 2.24 bits per heavy atom. The topological polar surface area (TPSA) is 17.8 Å². The summed E-state index contributed by atoms with van der Waals surface area (Å²) < 4.78 is 15.9. The van der Waals surface area contributed by atoms with E-state index in [-0.39, 0.29) is 5.02 Å². The molecule has 6 heteroatoms. The molecule has 21 heavy (non-hydrogen) atoms. The van der Waals surface area contributed by atoms with Crippen molar-refractivity contribution >= 4 is 46.0 Å². The molecule has 0 aliphatic heterocycles. The highest BCUT2D eigenvalue weighted by Gasteiger charge is 2.29. The van der Waals surface area contributed by atoms with Crippen LogP contribution in [0.4, 0.5) is 4.39 Å². The predicted octanol–water partition coefficient (Wildman–Crippen LogP) is 5.41. The van der Waals surface area contributed by atoms with Crippen molar-refractivity contribution in [3.05, 3.63) is 28.8 Å². The molecule has 2 atom stereocenters. The maximum atomic E-state index is 13.8. The molecule has 2 nitrogen and oxygen atoms in total. The summed E-state index contributed by atoms with van der Waals surface area (Å²) in [6.07, 6.45) is 3.38. The number of fused-ring (bicyclic) bond motifs is 1. The largest absolute Gasteiger partial charge is 0.324 e. The third kappa shape index (κ3) is 2.90. The minimum Gasteiger partial charge on any atom is -0.324 e. The maximum Gasteiger partial charge on any atom is 0.144 e. The van der Waals surface area contributed by atoms with Crippen LogP contribution in [0.1, 0.15) is 38.1 Å². The lowest BCUT2D eigenvalue weighted by Gasteiger charge is -2.16. The van der Waals surface area contributed by atoms with Crippen LogP contribution < -0.4 is 0 Å². The van der Waals surface area contributed by atoms with Crippen molar-refractivity contribution in [2.45, 2.75) is 43.4 Å². The molecule has 1 saturated carbocycles. The summed E-state index contributed by atoms with van der Waals surface area (Å²) in [5, 5.41) is 0.789. The third-order valence-electron chi connectivity index (χ3n) is 4.05. The van der Waals surface area contributed by atoms with Crippen molar-refractivity contribution in [1.29, 1.82) is 0 Å². The highest BCUT2D eigenvalue weighted by molar-refractivity contribution is 7.99.